The largest absolute Gasteiger partial charge is 0.379 e. The van der Waals surface area contributed by atoms with Gasteiger partial charge in [-0.25, -0.2) is 0 Å². The van der Waals surface area contributed by atoms with Gasteiger partial charge >= 0.3 is 0 Å². The molecule has 1 aliphatic heterocycles. The highest BCUT2D eigenvalue weighted by atomic mass is 16.5. The van der Waals surface area contributed by atoms with E-state index in [-0.39, 0.29) is 17.9 Å². The fraction of sp³-hybridized carbons (Fsp3) is 0.562. The Labute approximate surface area is 121 Å². The molecule has 1 heterocycles. The van der Waals surface area contributed by atoms with Crippen molar-refractivity contribution < 1.29 is 9.53 Å². The summed E-state index contributed by atoms with van der Waals surface area (Å²) < 4.78 is 5.44. The molecule has 110 valence electrons. The predicted octanol–water partition coefficient (Wildman–Crippen LogP) is 1.58. The van der Waals surface area contributed by atoms with Gasteiger partial charge in [0.15, 0.2) is 0 Å². The number of hydrogen-bond donors (Lipinski definition) is 1. The number of nitrogens with one attached hydrogen (secondary N) is 1. The Kier molecular flexibility index (Phi) is 5.15. The molecule has 0 aromatic heterocycles. The third-order valence-corrected chi connectivity index (χ3v) is 4.08. The zero-order valence-corrected chi connectivity index (χ0v) is 12.6. The molecule has 0 aliphatic carbocycles. The lowest BCUT2D eigenvalue weighted by atomic mass is 10.0. The first-order chi connectivity index (χ1) is 9.67. The summed E-state index contributed by atoms with van der Waals surface area (Å²) in [6.07, 6.45) is 0. The van der Waals surface area contributed by atoms with Gasteiger partial charge in [-0.05, 0) is 32.0 Å². The molecule has 0 saturated carbocycles. The van der Waals surface area contributed by atoms with Crippen LogP contribution in [0.2, 0.25) is 0 Å². The molecule has 1 aliphatic rings. The van der Waals surface area contributed by atoms with E-state index in [0.717, 1.165) is 6.54 Å². The standard InChI is InChI=1S/C16H24N2O2/c1-4-18(9-13-8-6-5-7-12(13)2)16(19)14-10-20-11-15(14)17-3/h5-8,14-15,17H,4,9-11H2,1-3H3. The zero-order valence-electron chi connectivity index (χ0n) is 12.6. The van der Waals surface area contributed by atoms with E-state index in [9.17, 15) is 4.79 Å². The van der Waals surface area contributed by atoms with Crippen molar-refractivity contribution in [2.45, 2.75) is 26.4 Å². The Hall–Kier alpha value is -1.39. The number of carbonyl (C=O) groups excluding carboxylic acids is 1. The van der Waals surface area contributed by atoms with Gasteiger partial charge in [-0.1, -0.05) is 24.3 Å². The van der Waals surface area contributed by atoms with Crippen LogP contribution in [0.3, 0.4) is 0 Å². The molecule has 4 heteroatoms. The summed E-state index contributed by atoms with van der Waals surface area (Å²) in [6, 6.07) is 8.36. The first-order valence-corrected chi connectivity index (χ1v) is 7.25. The van der Waals surface area contributed by atoms with E-state index in [4.69, 9.17) is 4.74 Å². The molecule has 0 radical (unpaired) electrons. The van der Waals surface area contributed by atoms with Crippen LogP contribution < -0.4 is 5.32 Å². The molecule has 0 bridgehead atoms. The highest BCUT2D eigenvalue weighted by Crippen LogP contribution is 2.19. The summed E-state index contributed by atoms with van der Waals surface area (Å²) in [6.45, 7) is 6.65. The van der Waals surface area contributed by atoms with E-state index < -0.39 is 0 Å². The third kappa shape index (κ3) is 3.19. The molecular formula is C16H24N2O2. The molecule has 2 unspecified atom stereocenters. The van der Waals surface area contributed by atoms with Gasteiger partial charge in [0.2, 0.25) is 5.91 Å². The van der Waals surface area contributed by atoms with Crippen molar-refractivity contribution in [3.63, 3.8) is 0 Å². The topological polar surface area (TPSA) is 41.6 Å². The van der Waals surface area contributed by atoms with E-state index in [1.54, 1.807) is 0 Å². The number of amides is 1. The Balaban J connectivity index is 2.08. The number of likely N-dealkylation sites (N-methyl/N-ethyl adjacent to an activating group) is 1. The van der Waals surface area contributed by atoms with Crippen LogP contribution >= 0.6 is 0 Å². The van der Waals surface area contributed by atoms with Crippen LogP contribution in [0.4, 0.5) is 0 Å². The van der Waals surface area contributed by atoms with Crippen LogP contribution in [-0.4, -0.2) is 43.7 Å². The first-order valence-electron chi connectivity index (χ1n) is 7.25. The smallest absolute Gasteiger partial charge is 0.229 e. The van der Waals surface area contributed by atoms with Crippen molar-refractivity contribution in [2.24, 2.45) is 5.92 Å². The van der Waals surface area contributed by atoms with Crippen molar-refractivity contribution in [3.8, 4) is 0 Å². The van der Waals surface area contributed by atoms with Gasteiger partial charge in [-0.15, -0.1) is 0 Å². The minimum absolute atomic E-state index is 0.0658. The average Bonchev–Trinajstić information content (AvgIpc) is 2.94. The Morgan fingerprint density at radius 1 is 1.40 bits per heavy atom. The SMILES string of the molecule is CCN(Cc1ccccc1C)C(=O)C1COCC1NC. The Morgan fingerprint density at radius 2 is 2.15 bits per heavy atom. The van der Waals surface area contributed by atoms with E-state index in [1.165, 1.54) is 11.1 Å². The second-order valence-corrected chi connectivity index (χ2v) is 5.32. The monoisotopic (exact) mass is 276 g/mol. The van der Waals surface area contributed by atoms with Crippen LogP contribution in [-0.2, 0) is 16.1 Å². The maximum Gasteiger partial charge on any atom is 0.229 e. The molecule has 1 fully saturated rings. The molecule has 1 N–H and O–H groups in total. The molecule has 20 heavy (non-hydrogen) atoms. The normalized spacial score (nSPS) is 21.9. The van der Waals surface area contributed by atoms with Crippen molar-refractivity contribution >= 4 is 5.91 Å². The highest BCUT2D eigenvalue weighted by Gasteiger charge is 2.35. The van der Waals surface area contributed by atoms with Gasteiger partial charge in [0.1, 0.15) is 0 Å². The lowest BCUT2D eigenvalue weighted by Crippen LogP contribution is -2.44. The van der Waals surface area contributed by atoms with Crippen molar-refractivity contribution in [1.82, 2.24) is 10.2 Å². The third-order valence-electron chi connectivity index (χ3n) is 4.08. The maximum absolute atomic E-state index is 12.7. The maximum atomic E-state index is 12.7. The zero-order chi connectivity index (χ0) is 14.5. The molecule has 2 rings (SSSR count). The summed E-state index contributed by atoms with van der Waals surface area (Å²) in [7, 11) is 1.89. The minimum atomic E-state index is -0.0658. The van der Waals surface area contributed by atoms with Crippen molar-refractivity contribution in [1.29, 1.82) is 0 Å². The average molecular weight is 276 g/mol. The van der Waals surface area contributed by atoms with E-state index in [0.29, 0.717) is 19.8 Å². The molecule has 1 aromatic carbocycles. The van der Waals surface area contributed by atoms with Crippen molar-refractivity contribution in [3.05, 3.63) is 35.4 Å². The van der Waals surface area contributed by atoms with E-state index in [1.807, 2.05) is 31.0 Å². The molecule has 4 nitrogen and oxygen atoms in total. The van der Waals surface area contributed by atoms with Gasteiger partial charge in [0.25, 0.3) is 0 Å². The number of aryl methyl sites for hydroxylation is 1. The lowest BCUT2D eigenvalue weighted by Gasteiger charge is -2.27. The molecular weight excluding hydrogens is 252 g/mol. The van der Waals surface area contributed by atoms with Crippen LogP contribution in [0.15, 0.2) is 24.3 Å². The number of nitrogens with zero attached hydrogens (tertiary/aromatic N) is 1. The van der Waals surface area contributed by atoms with Gasteiger partial charge in [0.05, 0.1) is 19.1 Å². The van der Waals surface area contributed by atoms with Crippen LogP contribution in [0.25, 0.3) is 0 Å². The lowest BCUT2D eigenvalue weighted by molar-refractivity contribution is -0.136. The fourth-order valence-electron chi connectivity index (χ4n) is 2.66. The molecule has 2 atom stereocenters. The summed E-state index contributed by atoms with van der Waals surface area (Å²) >= 11 is 0. The summed E-state index contributed by atoms with van der Waals surface area (Å²) in [5.41, 5.74) is 2.44. The predicted molar refractivity (Wildman–Crippen MR) is 79.4 cm³/mol. The number of ether oxygens (including phenoxy) is 1. The van der Waals surface area contributed by atoms with Crippen LogP contribution in [0.5, 0.6) is 0 Å². The highest BCUT2D eigenvalue weighted by molar-refractivity contribution is 5.80. The van der Waals surface area contributed by atoms with Gasteiger partial charge in [0, 0.05) is 19.1 Å². The van der Waals surface area contributed by atoms with Crippen LogP contribution in [0.1, 0.15) is 18.1 Å². The van der Waals surface area contributed by atoms with Gasteiger partial charge in [-0.3, -0.25) is 4.79 Å². The summed E-state index contributed by atoms with van der Waals surface area (Å²) in [5, 5.41) is 3.18. The number of hydrogen-bond acceptors (Lipinski definition) is 3. The molecule has 1 saturated heterocycles. The quantitative estimate of drug-likeness (QED) is 0.888. The second-order valence-electron chi connectivity index (χ2n) is 5.32. The first kappa shape index (κ1) is 15.0. The minimum Gasteiger partial charge on any atom is -0.379 e. The molecule has 1 amide bonds. The fourth-order valence-corrected chi connectivity index (χ4v) is 2.66. The number of rotatable bonds is 5. The van der Waals surface area contributed by atoms with Crippen molar-refractivity contribution in [2.75, 3.05) is 26.8 Å². The summed E-state index contributed by atoms with van der Waals surface area (Å²) in [5.74, 6) is 0.122. The Bertz CT molecular complexity index is 462. The van der Waals surface area contributed by atoms with Crippen LogP contribution in [0, 0.1) is 12.8 Å². The van der Waals surface area contributed by atoms with Gasteiger partial charge < -0.3 is 15.0 Å². The number of benzene rings is 1. The Morgan fingerprint density at radius 3 is 2.80 bits per heavy atom. The second kappa shape index (κ2) is 6.86. The van der Waals surface area contributed by atoms with E-state index in [2.05, 4.69) is 24.4 Å². The van der Waals surface area contributed by atoms with Gasteiger partial charge in [-0.2, -0.15) is 0 Å². The summed E-state index contributed by atoms with van der Waals surface area (Å²) in [4.78, 5) is 14.6. The molecule has 0 spiro atoms. The number of carbonyl (C=O) groups is 1. The van der Waals surface area contributed by atoms with E-state index >= 15 is 0 Å². The molecule has 1 aromatic rings.